The van der Waals surface area contributed by atoms with Gasteiger partial charge in [-0.15, -0.1) is 0 Å². The summed E-state index contributed by atoms with van der Waals surface area (Å²) in [5, 5.41) is 8.37. The Bertz CT molecular complexity index is 593. The maximum atomic E-state index is 6.29. The first kappa shape index (κ1) is 13.5. The first-order valence-electron chi connectivity index (χ1n) is 6.96. The Morgan fingerprint density at radius 1 is 1.40 bits per heavy atom. The van der Waals surface area contributed by atoms with E-state index in [1.165, 1.54) is 12.8 Å². The van der Waals surface area contributed by atoms with Crippen LogP contribution in [0.3, 0.4) is 0 Å². The number of aryl methyl sites for hydroxylation is 1. The number of hydrogen-bond donors (Lipinski definition) is 1. The van der Waals surface area contributed by atoms with Gasteiger partial charge in [-0.1, -0.05) is 17.7 Å². The normalized spacial score (nSPS) is 14.5. The maximum absolute atomic E-state index is 6.29. The molecule has 0 saturated heterocycles. The van der Waals surface area contributed by atoms with Crippen LogP contribution in [0, 0.1) is 0 Å². The maximum Gasteiger partial charge on any atom is 0.165 e. The van der Waals surface area contributed by atoms with Gasteiger partial charge in [-0.05, 0) is 37.5 Å². The van der Waals surface area contributed by atoms with Gasteiger partial charge in [0, 0.05) is 24.2 Å². The van der Waals surface area contributed by atoms with Crippen molar-refractivity contribution in [2.45, 2.75) is 38.9 Å². The van der Waals surface area contributed by atoms with Crippen molar-refractivity contribution in [1.29, 1.82) is 0 Å². The molecule has 1 fully saturated rings. The predicted octanol–water partition coefficient (Wildman–Crippen LogP) is 3.60. The van der Waals surface area contributed by atoms with Crippen molar-refractivity contribution in [2.75, 3.05) is 0 Å². The third-order valence-corrected chi connectivity index (χ3v) is 3.70. The second-order valence-electron chi connectivity index (χ2n) is 5.04. The highest BCUT2D eigenvalue weighted by atomic mass is 35.5. The number of ether oxygens (including phenoxy) is 1. The zero-order chi connectivity index (χ0) is 13.9. The van der Waals surface area contributed by atoms with Gasteiger partial charge >= 0.3 is 0 Å². The molecule has 0 unspecified atom stereocenters. The molecule has 0 radical (unpaired) electrons. The predicted molar refractivity (Wildman–Crippen MR) is 79.3 cm³/mol. The summed E-state index contributed by atoms with van der Waals surface area (Å²) in [5.74, 6) is 1.47. The number of halogens is 1. The summed E-state index contributed by atoms with van der Waals surface area (Å²) >= 11 is 6.29. The lowest BCUT2D eigenvalue weighted by molar-refractivity contribution is 0.481. The van der Waals surface area contributed by atoms with Crippen LogP contribution in [-0.2, 0) is 13.1 Å². The number of nitrogens with zero attached hydrogens (tertiary/aromatic N) is 2. The lowest BCUT2D eigenvalue weighted by Crippen LogP contribution is -2.15. The SMILES string of the molecule is CCn1cc(Oc2ccc(CNC3CC3)c(Cl)c2)cn1. The van der Waals surface area contributed by atoms with Gasteiger partial charge in [0.15, 0.2) is 5.75 Å². The van der Waals surface area contributed by atoms with Crippen molar-refractivity contribution in [1.82, 2.24) is 15.1 Å². The van der Waals surface area contributed by atoms with Crippen molar-refractivity contribution < 1.29 is 4.74 Å². The third-order valence-electron chi connectivity index (χ3n) is 3.35. The molecule has 1 saturated carbocycles. The molecule has 106 valence electrons. The van der Waals surface area contributed by atoms with Gasteiger partial charge in [-0.2, -0.15) is 5.10 Å². The van der Waals surface area contributed by atoms with Crippen molar-refractivity contribution in [3.63, 3.8) is 0 Å². The molecule has 2 aromatic rings. The minimum Gasteiger partial charge on any atom is -0.454 e. The Hall–Kier alpha value is -1.52. The quantitative estimate of drug-likeness (QED) is 0.884. The van der Waals surface area contributed by atoms with Crippen LogP contribution in [0.5, 0.6) is 11.5 Å². The van der Waals surface area contributed by atoms with Crippen LogP contribution in [0.2, 0.25) is 5.02 Å². The van der Waals surface area contributed by atoms with E-state index in [2.05, 4.69) is 10.4 Å². The Morgan fingerprint density at radius 3 is 2.90 bits per heavy atom. The fraction of sp³-hybridized carbons (Fsp3) is 0.400. The van der Waals surface area contributed by atoms with E-state index < -0.39 is 0 Å². The van der Waals surface area contributed by atoms with Crippen LogP contribution in [0.4, 0.5) is 0 Å². The summed E-state index contributed by atoms with van der Waals surface area (Å²) in [6.07, 6.45) is 6.14. The molecule has 1 aromatic carbocycles. The van der Waals surface area contributed by atoms with Crippen LogP contribution in [-0.4, -0.2) is 15.8 Å². The summed E-state index contributed by atoms with van der Waals surface area (Å²) < 4.78 is 7.57. The fourth-order valence-corrected chi connectivity index (χ4v) is 2.22. The Morgan fingerprint density at radius 2 is 2.25 bits per heavy atom. The lowest BCUT2D eigenvalue weighted by Gasteiger charge is -2.08. The summed E-state index contributed by atoms with van der Waals surface area (Å²) in [4.78, 5) is 0. The smallest absolute Gasteiger partial charge is 0.165 e. The van der Waals surface area contributed by atoms with Crippen LogP contribution in [0.1, 0.15) is 25.3 Å². The summed E-state index contributed by atoms with van der Waals surface area (Å²) in [5.41, 5.74) is 1.11. The van der Waals surface area contributed by atoms with Crippen molar-refractivity contribution >= 4 is 11.6 Å². The molecule has 0 aliphatic heterocycles. The van der Waals surface area contributed by atoms with E-state index in [9.17, 15) is 0 Å². The average Bonchev–Trinajstić information content (AvgIpc) is 3.16. The highest BCUT2D eigenvalue weighted by molar-refractivity contribution is 6.31. The van der Waals surface area contributed by atoms with E-state index in [0.717, 1.165) is 35.2 Å². The molecule has 1 aromatic heterocycles. The van der Waals surface area contributed by atoms with E-state index in [1.807, 2.05) is 36.0 Å². The van der Waals surface area contributed by atoms with Gasteiger partial charge in [0.25, 0.3) is 0 Å². The molecular weight excluding hydrogens is 274 g/mol. The number of aromatic nitrogens is 2. The van der Waals surface area contributed by atoms with E-state index in [4.69, 9.17) is 16.3 Å². The minimum absolute atomic E-state index is 0.682. The first-order chi connectivity index (χ1) is 9.74. The number of rotatable bonds is 6. The van der Waals surface area contributed by atoms with Gasteiger partial charge in [0.05, 0.1) is 12.4 Å². The van der Waals surface area contributed by atoms with Crippen LogP contribution in [0.15, 0.2) is 30.6 Å². The van der Waals surface area contributed by atoms with Gasteiger partial charge in [0.2, 0.25) is 0 Å². The molecule has 4 nitrogen and oxygen atoms in total. The van der Waals surface area contributed by atoms with E-state index in [0.29, 0.717) is 6.04 Å². The number of benzene rings is 1. The lowest BCUT2D eigenvalue weighted by atomic mass is 10.2. The molecule has 0 bridgehead atoms. The molecule has 1 aliphatic rings. The highest BCUT2D eigenvalue weighted by Crippen LogP contribution is 2.27. The minimum atomic E-state index is 0.682. The van der Waals surface area contributed by atoms with E-state index in [1.54, 1.807) is 6.20 Å². The largest absolute Gasteiger partial charge is 0.454 e. The Kier molecular flexibility index (Phi) is 3.94. The average molecular weight is 292 g/mol. The van der Waals surface area contributed by atoms with Gasteiger partial charge in [0.1, 0.15) is 5.75 Å². The molecular formula is C15H18ClN3O. The van der Waals surface area contributed by atoms with E-state index in [-0.39, 0.29) is 0 Å². The van der Waals surface area contributed by atoms with Crippen molar-refractivity contribution in [2.24, 2.45) is 0 Å². The summed E-state index contributed by atoms with van der Waals surface area (Å²) in [7, 11) is 0. The second kappa shape index (κ2) is 5.85. The third kappa shape index (κ3) is 3.32. The topological polar surface area (TPSA) is 39.1 Å². The highest BCUT2D eigenvalue weighted by Gasteiger charge is 2.20. The molecule has 1 N–H and O–H groups in total. The Balaban J connectivity index is 1.65. The van der Waals surface area contributed by atoms with Crippen LogP contribution < -0.4 is 10.1 Å². The zero-order valence-corrected chi connectivity index (χ0v) is 12.2. The van der Waals surface area contributed by atoms with Gasteiger partial charge in [-0.3, -0.25) is 4.68 Å². The first-order valence-corrected chi connectivity index (χ1v) is 7.34. The molecule has 20 heavy (non-hydrogen) atoms. The summed E-state index contributed by atoms with van der Waals surface area (Å²) in [6.45, 7) is 3.68. The second-order valence-corrected chi connectivity index (χ2v) is 5.45. The number of hydrogen-bond acceptors (Lipinski definition) is 3. The number of nitrogens with one attached hydrogen (secondary N) is 1. The van der Waals surface area contributed by atoms with Gasteiger partial charge in [-0.25, -0.2) is 0 Å². The van der Waals surface area contributed by atoms with Crippen molar-refractivity contribution in [3.05, 3.63) is 41.2 Å². The monoisotopic (exact) mass is 291 g/mol. The summed E-state index contributed by atoms with van der Waals surface area (Å²) in [6, 6.07) is 6.49. The molecule has 0 amide bonds. The molecule has 0 atom stereocenters. The molecule has 3 rings (SSSR count). The standard InChI is InChI=1S/C15H18ClN3O/c1-2-19-10-14(9-18-19)20-13-6-3-11(15(16)7-13)8-17-12-4-5-12/h3,6-7,9-10,12,17H,2,4-5,8H2,1H3. The fourth-order valence-electron chi connectivity index (χ4n) is 1.98. The Labute approximate surface area is 123 Å². The molecule has 0 spiro atoms. The van der Waals surface area contributed by atoms with Crippen LogP contribution in [0.25, 0.3) is 0 Å². The molecule has 5 heteroatoms. The van der Waals surface area contributed by atoms with Crippen molar-refractivity contribution in [3.8, 4) is 11.5 Å². The zero-order valence-electron chi connectivity index (χ0n) is 11.5. The van der Waals surface area contributed by atoms with Crippen LogP contribution >= 0.6 is 11.6 Å². The molecule has 1 aliphatic carbocycles. The molecule has 1 heterocycles. The van der Waals surface area contributed by atoms with E-state index >= 15 is 0 Å². The van der Waals surface area contributed by atoms with Gasteiger partial charge < -0.3 is 10.1 Å².